The van der Waals surface area contributed by atoms with E-state index in [1.165, 1.54) is 0 Å². The monoisotopic (exact) mass is 287 g/mol. The van der Waals surface area contributed by atoms with E-state index in [1.807, 2.05) is 43.3 Å². The van der Waals surface area contributed by atoms with Gasteiger partial charge in [0.2, 0.25) is 0 Å². The number of benzene rings is 2. The Morgan fingerprint density at radius 3 is 2.59 bits per heavy atom. The fourth-order valence-electron chi connectivity index (χ4n) is 1.51. The number of ether oxygens (including phenoxy) is 1. The molecule has 0 fully saturated rings. The lowest BCUT2D eigenvalue weighted by atomic mass is 10.1. The van der Waals surface area contributed by atoms with Crippen LogP contribution >= 0.6 is 15.9 Å². The summed E-state index contributed by atoms with van der Waals surface area (Å²) in [7, 11) is 0. The highest BCUT2D eigenvalue weighted by Gasteiger charge is 2.09. The van der Waals surface area contributed by atoms with Crippen molar-refractivity contribution in [3.05, 3.63) is 58.1 Å². The molecule has 84 valence electrons. The summed E-state index contributed by atoms with van der Waals surface area (Å²) in [6, 6.07) is 15.2. The highest BCUT2D eigenvalue weighted by Crippen LogP contribution is 2.32. The van der Waals surface area contributed by atoms with E-state index in [-0.39, 0.29) is 0 Å². The van der Waals surface area contributed by atoms with Gasteiger partial charge < -0.3 is 4.74 Å². The molecule has 0 unspecified atom stereocenters. The van der Waals surface area contributed by atoms with Crippen molar-refractivity contribution in [2.45, 2.75) is 6.92 Å². The molecule has 0 aliphatic rings. The summed E-state index contributed by atoms with van der Waals surface area (Å²) >= 11 is 3.42. The molecule has 0 saturated carbocycles. The van der Waals surface area contributed by atoms with Crippen LogP contribution in [0.4, 0.5) is 0 Å². The minimum absolute atomic E-state index is 0.542. The van der Waals surface area contributed by atoms with Crippen LogP contribution in [0.25, 0.3) is 0 Å². The molecule has 2 aromatic rings. The van der Waals surface area contributed by atoms with Crippen molar-refractivity contribution in [1.82, 2.24) is 0 Å². The molecule has 3 heteroatoms. The van der Waals surface area contributed by atoms with Crippen LogP contribution in [0, 0.1) is 18.3 Å². The van der Waals surface area contributed by atoms with Gasteiger partial charge >= 0.3 is 0 Å². The van der Waals surface area contributed by atoms with Crippen LogP contribution in [0.5, 0.6) is 11.5 Å². The lowest BCUT2D eigenvalue weighted by Gasteiger charge is -2.11. The molecule has 0 heterocycles. The van der Waals surface area contributed by atoms with Crippen molar-refractivity contribution in [3.63, 3.8) is 0 Å². The lowest BCUT2D eigenvalue weighted by molar-refractivity contribution is 0.474. The first kappa shape index (κ1) is 11.7. The second-order valence-electron chi connectivity index (χ2n) is 3.60. The minimum atomic E-state index is 0.542. The molecule has 0 spiro atoms. The van der Waals surface area contributed by atoms with Crippen molar-refractivity contribution in [3.8, 4) is 17.6 Å². The number of rotatable bonds is 2. The number of aryl methyl sites for hydroxylation is 1. The predicted molar refractivity (Wildman–Crippen MR) is 70.1 cm³/mol. The summed E-state index contributed by atoms with van der Waals surface area (Å²) in [4.78, 5) is 0. The van der Waals surface area contributed by atoms with E-state index >= 15 is 0 Å². The van der Waals surface area contributed by atoms with Gasteiger partial charge in [0, 0.05) is 0 Å². The third-order valence-corrected chi connectivity index (χ3v) is 3.04. The van der Waals surface area contributed by atoms with Crippen LogP contribution in [0.3, 0.4) is 0 Å². The maximum atomic E-state index is 9.05. The standard InChI is InChI=1S/C14H10BrNO/c1-10-5-4-6-11(9-16)14(10)17-13-8-3-2-7-12(13)15/h2-8H,1H3. The van der Waals surface area contributed by atoms with E-state index in [4.69, 9.17) is 10.00 Å². The zero-order valence-electron chi connectivity index (χ0n) is 9.27. The molecular weight excluding hydrogens is 278 g/mol. The molecule has 2 aromatic carbocycles. The maximum Gasteiger partial charge on any atom is 0.148 e. The van der Waals surface area contributed by atoms with Gasteiger partial charge in [-0.2, -0.15) is 5.26 Å². The minimum Gasteiger partial charge on any atom is -0.455 e. The molecule has 0 aromatic heterocycles. The molecule has 0 aliphatic carbocycles. The first-order valence-electron chi connectivity index (χ1n) is 5.14. The summed E-state index contributed by atoms with van der Waals surface area (Å²) < 4.78 is 6.66. The number of para-hydroxylation sites is 2. The Balaban J connectivity index is 2.44. The average molecular weight is 288 g/mol. The van der Waals surface area contributed by atoms with E-state index in [0.717, 1.165) is 10.0 Å². The van der Waals surface area contributed by atoms with Crippen LogP contribution in [-0.2, 0) is 0 Å². The first-order chi connectivity index (χ1) is 8.22. The highest BCUT2D eigenvalue weighted by molar-refractivity contribution is 9.10. The summed E-state index contributed by atoms with van der Waals surface area (Å²) in [6.07, 6.45) is 0. The molecule has 0 bridgehead atoms. The fraction of sp³-hybridized carbons (Fsp3) is 0.0714. The molecule has 0 aliphatic heterocycles. The Kier molecular flexibility index (Phi) is 3.46. The number of nitriles is 1. The van der Waals surface area contributed by atoms with Gasteiger partial charge in [-0.15, -0.1) is 0 Å². The molecule has 0 saturated heterocycles. The van der Waals surface area contributed by atoms with E-state index < -0.39 is 0 Å². The largest absolute Gasteiger partial charge is 0.455 e. The molecule has 0 N–H and O–H groups in total. The second-order valence-corrected chi connectivity index (χ2v) is 4.45. The third-order valence-electron chi connectivity index (χ3n) is 2.38. The zero-order valence-corrected chi connectivity index (χ0v) is 10.9. The quantitative estimate of drug-likeness (QED) is 0.819. The van der Waals surface area contributed by atoms with Crippen LogP contribution in [-0.4, -0.2) is 0 Å². The van der Waals surface area contributed by atoms with Gasteiger partial charge in [-0.1, -0.05) is 24.3 Å². The van der Waals surface area contributed by atoms with E-state index in [1.54, 1.807) is 6.07 Å². The second kappa shape index (κ2) is 5.03. The molecule has 2 nitrogen and oxygen atoms in total. The van der Waals surface area contributed by atoms with Gasteiger partial charge in [0.15, 0.2) is 0 Å². The number of hydrogen-bond donors (Lipinski definition) is 0. The Hall–Kier alpha value is -1.79. The number of hydrogen-bond acceptors (Lipinski definition) is 2. The smallest absolute Gasteiger partial charge is 0.148 e. The Morgan fingerprint density at radius 2 is 1.88 bits per heavy atom. The predicted octanol–water partition coefficient (Wildman–Crippen LogP) is 4.42. The topological polar surface area (TPSA) is 33.0 Å². The van der Waals surface area contributed by atoms with E-state index in [0.29, 0.717) is 17.1 Å². The zero-order chi connectivity index (χ0) is 12.3. The van der Waals surface area contributed by atoms with Gasteiger partial charge in [-0.25, -0.2) is 0 Å². The normalized spacial score (nSPS) is 9.71. The van der Waals surface area contributed by atoms with Gasteiger partial charge in [0.1, 0.15) is 17.6 Å². The van der Waals surface area contributed by atoms with Crippen molar-refractivity contribution >= 4 is 15.9 Å². The van der Waals surface area contributed by atoms with Crippen LogP contribution in [0.15, 0.2) is 46.9 Å². The summed E-state index contributed by atoms with van der Waals surface area (Å²) in [5, 5.41) is 9.05. The molecule has 2 rings (SSSR count). The molecule has 17 heavy (non-hydrogen) atoms. The third kappa shape index (κ3) is 2.48. The molecule has 0 atom stereocenters. The molecular formula is C14H10BrNO. The summed E-state index contributed by atoms with van der Waals surface area (Å²) in [5.41, 5.74) is 1.49. The van der Waals surface area contributed by atoms with Crippen molar-refractivity contribution in [1.29, 1.82) is 5.26 Å². The van der Waals surface area contributed by atoms with Crippen molar-refractivity contribution in [2.24, 2.45) is 0 Å². The summed E-state index contributed by atoms with van der Waals surface area (Å²) in [5.74, 6) is 1.32. The van der Waals surface area contributed by atoms with Crippen molar-refractivity contribution < 1.29 is 4.74 Å². The molecule has 0 amide bonds. The molecule has 0 radical (unpaired) electrons. The Labute approximate surface area is 109 Å². The Morgan fingerprint density at radius 1 is 1.12 bits per heavy atom. The average Bonchev–Trinajstić information content (AvgIpc) is 2.34. The maximum absolute atomic E-state index is 9.05. The van der Waals surface area contributed by atoms with Gasteiger partial charge in [-0.05, 0) is 46.6 Å². The highest BCUT2D eigenvalue weighted by atomic mass is 79.9. The van der Waals surface area contributed by atoms with E-state index in [2.05, 4.69) is 22.0 Å². The van der Waals surface area contributed by atoms with E-state index in [9.17, 15) is 0 Å². The number of halogens is 1. The fourth-order valence-corrected chi connectivity index (χ4v) is 1.88. The van der Waals surface area contributed by atoms with Crippen molar-refractivity contribution in [2.75, 3.05) is 0 Å². The van der Waals surface area contributed by atoms with Crippen LogP contribution in [0.1, 0.15) is 11.1 Å². The SMILES string of the molecule is Cc1cccc(C#N)c1Oc1ccccc1Br. The number of nitrogens with zero attached hydrogens (tertiary/aromatic N) is 1. The summed E-state index contributed by atoms with van der Waals surface area (Å²) in [6.45, 7) is 1.92. The van der Waals surface area contributed by atoms with Gasteiger partial charge in [-0.3, -0.25) is 0 Å². The lowest BCUT2D eigenvalue weighted by Crippen LogP contribution is -1.91. The Bertz CT molecular complexity index is 587. The van der Waals surface area contributed by atoms with Crippen LogP contribution < -0.4 is 4.74 Å². The van der Waals surface area contributed by atoms with Gasteiger partial charge in [0.25, 0.3) is 0 Å². The first-order valence-corrected chi connectivity index (χ1v) is 5.94. The van der Waals surface area contributed by atoms with Crippen LogP contribution in [0.2, 0.25) is 0 Å². The van der Waals surface area contributed by atoms with Gasteiger partial charge in [0.05, 0.1) is 10.0 Å².